The summed E-state index contributed by atoms with van der Waals surface area (Å²) in [5.41, 5.74) is 2.04. The first-order valence-electron chi connectivity index (χ1n) is 9.60. The van der Waals surface area contributed by atoms with Crippen molar-refractivity contribution in [3.05, 3.63) is 40.8 Å². The van der Waals surface area contributed by atoms with Crippen molar-refractivity contribution >= 4 is 27.3 Å². The Morgan fingerprint density at radius 2 is 1.97 bits per heavy atom. The van der Waals surface area contributed by atoms with Gasteiger partial charge >= 0.3 is 0 Å². The molecule has 0 bridgehead atoms. The minimum absolute atomic E-state index is 0.0432. The zero-order valence-electron chi connectivity index (χ0n) is 16.3. The standard InChI is InChI=1S/C20H24N2O5S2/c1-26-11-4-12-29(24,25)22-9-7-21(8-10-22)20(23)18-13-15-14-27-17-6-3-2-5-16(17)19(15)28-18/h2-3,5-6,13H,4,7-12,14H2,1H3. The Morgan fingerprint density at radius 1 is 1.21 bits per heavy atom. The molecule has 0 atom stereocenters. The lowest BCUT2D eigenvalue weighted by Crippen LogP contribution is -2.51. The third kappa shape index (κ3) is 4.18. The molecule has 0 saturated carbocycles. The molecule has 4 rings (SSSR count). The molecule has 0 spiro atoms. The van der Waals surface area contributed by atoms with E-state index in [9.17, 15) is 13.2 Å². The smallest absolute Gasteiger partial charge is 0.264 e. The van der Waals surface area contributed by atoms with Crippen LogP contribution in [-0.2, 0) is 21.4 Å². The second kappa shape index (κ2) is 8.43. The first-order valence-corrected chi connectivity index (χ1v) is 12.0. The fourth-order valence-corrected chi connectivity index (χ4v) is 6.27. The van der Waals surface area contributed by atoms with Crippen LogP contribution in [0, 0.1) is 0 Å². The van der Waals surface area contributed by atoms with E-state index in [0.29, 0.717) is 50.7 Å². The molecule has 2 aliphatic heterocycles. The average Bonchev–Trinajstić information content (AvgIpc) is 3.18. The number of thiophene rings is 1. The van der Waals surface area contributed by atoms with Gasteiger partial charge in [-0.25, -0.2) is 8.42 Å². The van der Waals surface area contributed by atoms with E-state index in [-0.39, 0.29) is 11.7 Å². The second-order valence-corrected chi connectivity index (χ2v) is 10.2. The monoisotopic (exact) mass is 436 g/mol. The minimum Gasteiger partial charge on any atom is -0.488 e. The molecular weight excluding hydrogens is 412 g/mol. The van der Waals surface area contributed by atoms with Gasteiger partial charge in [-0.15, -0.1) is 11.3 Å². The van der Waals surface area contributed by atoms with Crippen molar-refractivity contribution in [2.24, 2.45) is 0 Å². The average molecular weight is 437 g/mol. The number of benzene rings is 1. The molecule has 2 aliphatic rings. The summed E-state index contributed by atoms with van der Waals surface area (Å²) in [5.74, 6) is 0.873. The molecule has 29 heavy (non-hydrogen) atoms. The number of para-hydroxylation sites is 1. The van der Waals surface area contributed by atoms with Crippen molar-refractivity contribution in [1.29, 1.82) is 0 Å². The van der Waals surface area contributed by atoms with Gasteiger partial charge in [-0.05, 0) is 24.6 Å². The Bertz CT molecular complexity index is 994. The lowest BCUT2D eigenvalue weighted by molar-refractivity contribution is 0.0702. The summed E-state index contributed by atoms with van der Waals surface area (Å²) in [5, 5.41) is 0. The number of amides is 1. The highest BCUT2D eigenvalue weighted by atomic mass is 32.2. The molecule has 2 aromatic rings. The van der Waals surface area contributed by atoms with Crippen LogP contribution in [0.25, 0.3) is 10.4 Å². The number of methoxy groups -OCH3 is 1. The quantitative estimate of drug-likeness (QED) is 0.650. The summed E-state index contributed by atoms with van der Waals surface area (Å²) in [4.78, 5) is 16.5. The third-order valence-electron chi connectivity index (χ3n) is 5.20. The lowest BCUT2D eigenvalue weighted by atomic mass is 10.1. The minimum atomic E-state index is -3.30. The van der Waals surface area contributed by atoms with Gasteiger partial charge in [-0.1, -0.05) is 12.1 Å². The van der Waals surface area contributed by atoms with Crippen LogP contribution in [0.3, 0.4) is 0 Å². The predicted molar refractivity (Wildman–Crippen MR) is 112 cm³/mol. The van der Waals surface area contributed by atoms with E-state index < -0.39 is 10.0 Å². The maximum absolute atomic E-state index is 13.0. The summed E-state index contributed by atoms with van der Waals surface area (Å²) in [6.07, 6.45) is 0.474. The largest absolute Gasteiger partial charge is 0.488 e. The van der Waals surface area contributed by atoms with Crippen LogP contribution in [0.1, 0.15) is 21.7 Å². The van der Waals surface area contributed by atoms with Crippen LogP contribution in [0.2, 0.25) is 0 Å². The Hall–Kier alpha value is -1.94. The van der Waals surface area contributed by atoms with Gasteiger partial charge in [0.2, 0.25) is 10.0 Å². The number of fused-ring (bicyclic) bond motifs is 3. The number of nitrogens with zero attached hydrogens (tertiary/aromatic N) is 2. The number of hydrogen-bond donors (Lipinski definition) is 0. The SMILES string of the molecule is COCCCS(=O)(=O)N1CCN(C(=O)c2cc3c(s2)-c2ccccc2OC3)CC1. The summed E-state index contributed by atoms with van der Waals surface area (Å²) >= 11 is 1.48. The predicted octanol–water partition coefficient (Wildman–Crippen LogP) is 2.43. The highest BCUT2D eigenvalue weighted by Crippen LogP contribution is 2.42. The Labute approximate surface area is 174 Å². The van der Waals surface area contributed by atoms with E-state index in [4.69, 9.17) is 9.47 Å². The molecule has 1 aromatic heterocycles. The first kappa shape index (κ1) is 20.3. The number of hydrogen-bond acceptors (Lipinski definition) is 6. The number of carbonyl (C=O) groups excluding carboxylic acids is 1. The molecule has 1 fully saturated rings. The molecule has 0 aliphatic carbocycles. The maximum atomic E-state index is 13.0. The van der Waals surface area contributed by atoms with Crippen LogP contribution >= 0.6 is 11.3 Å². The van der Waals surface area contributed by atoms with Gasteiger partial charge < -0.3 is 14.4 Å². The van der Waals surface area contributed by atoms with Crippen molar-refractivity contribution < 1.29 is 22.7 Å². The Balaban J connectivity index is 1.42. The number of sulfonamides is 1. The van der Waals surface area contributed by atoms with Gasteiger partial charge in [0.1, 0.15) is 12.4 Å². The van der Waals surface area contributed by atoms with Gasteiger partial charge in [0.05, 0.1) is 10.6 Å². The number of piperazine rings is 1. The fraction of sp³-hybridized carbons (Fsp3) is 0.450. The van der Waals surface area contributed by atoms with E-state index in [2.05, 4.69) is 0 Å². The fourth-order valence-electron chi connectivity index (χ4n) is 3.64. The van der Waals surface area contributed by atoms with Crippen LogP contribution in [-0.4, -0.2) is 69.2 Å². The Kier molecular flexibility index (Phi) is 5.91. The molecule has 0 radical (unpaired) electrons. The zero-order chi connectivity index (χ0) is 20.4. The van der Waals surface area contributed by atoms with Gasteiger partial charge in [0.25, 0.3) is 5.91 Å². The molecule has 0 N–H and O–H groups in total. The highest BCUT2D eigenvalue weighted by molar-refractivity contribution is 7.89. The van der Waals surface area contributed by atoms with Gasteiger partial charge in [-0.2, -0.15) is 4.31 Å². The van der Waals surface area contributed by atoms with Crippen LogP contribution in [0.5, 0.6) is 5.75 Å². The van der Waals surface area contributed by atoms with Crippen molar-refractivity contribution in [3.63, 3.8) is 0 Å². The highest BCUT2D eigenvalue weighted by Gasteiger charge is 2.30. The molecule has 7 nitrogen and oxygen atoms in total. The van der Waals surface area contributed by atoms with Crippen LogP contribution < -0.4 is 4.74 Å². The van der Waals surface area contributed by atoms with E-state index >= 15 is 0 Å². The molecule has 3 heterocycles. The molecule has 1 amide bonds. The molecule has 1 saturated heterocycles. The normalized spacial score (nSPS) is 16.8. The molecule has 0 unspecified atom stereocenters. The van der Waals surface area contributed by atoms with Crippen LogP contribution in [0.4, 0.5) is 0 Å². The third-order valence-corrected chi connectivity index (χ3v) is 8.36. The first-order chi connectivity index (χ1) is 14.0. The van der Waals surface area contributed by atoms with Gasteiger partial charge in [0.15, 0.2) is 0 Å². The molecule has 1 aromatic carbocycles. The van der Waals surface area contributed by atoms with E-state index in [0.717, 1.165) is 21.8 Å². The van der Waals surface area contributed by atoms with E-state index in [1.807, 2.05) is 30.3 Å². The van der Waals surface area contributed by atoms with Crippen molar-refractivity contribution in [2.45, 2.75) is 13.0 Å². The Morgan fingerprint density at radius 3 is 2.72 bits per heavy atom. The summed E-state index contributed by atoms with van der Waals surface area (Å²) in [6.45, 7) is 2.35. The second-order valence-electron chi connectivity index (χ2n) is 7.10. The summed E-state index contributed by atoms with van der Waals surface area (Å²) in [6, 6.07) is 9.75. The summed E-state index contributed by atoms with van der Waals surface area (Å²) < 4.78 is 37.0. The number of rotatable bonds is 6. The van der Waals surface area contributed by atoms with Crippen molar-refractivity contribution in [2.75, 3.05) is 45.6 Å². The molecule has 9 heteroatoms. The topological polar surface area (TPSA) is 76.2 Å². The van der Waals surface area contributed by atoms with E-state index in [1.54, 1.807) is 12.0 Å². The van der Waals surface area contributed by atoms with Gasteiger partial charge in [0, 0.05) is 55.9 Å². The summed E-state index contributed by atoms with van der Waals surface area (Å²) in [7, 11) is -1.74. The molecular formula is C20H24N2O5S2. The van der Waals surface area contributed by atoms with Gasteiger partial charge in [-0.3, -0.25) is 4.79 Å². The number of ether oxygens (including phenoxy) is 2. The number of carbonyl (C=O) groups is 1. The van der Waals surface area contributed by atoms with Crippen molar-refractivity contribution in [1.82, 2.24) is 9.21 Å². The van der Waals surface area contributed by atoms with Crippen LogP contribution in [0.15, 0.2) is 30.3 Å². The lowest BCUT2D eigenvalue weighted by Gasteiger charge is -2.33. The van der Waals surface area contributed by atoms with E-state index in [1.165, 1.54) is 15.6 Å². The molecule has 156 valence electrons. The zero-order valence-corrected chi connectivity index (χ0v) is 17.9. The van der Waals surface area contributed by atoms with Crippen molar-refractivity contribution in [3.8, 4) is 16.2 Å². The maximum Gasteiger partial charge on any atom is 0.264 e.